The first kappa shape index (κ1) is 21.0. The van der Waals surface area contributed by atoms with Crippen molar-refractivity contribution >= 4 is 23.0 Å². The van der Waals surface area contributed by atoms with Crippen LogP contribution in [-0.2, 0) is 9.53 Å². The Kier molecular flexibility index (Phi) is 6.56. The lowest BCUT2D eigenvalue weighted by molar-refractivity contribution is -0.125. The van der Waals surface area contributed by atoms with Crippen molar-refractivity contribution < 1.29 is 14.3 Å². The fourth-order valence-electron chi connectivity index (χ4n) is 3.78. The van der Waals surface area contributed by atoms with Crippen molar-refractivity contribution in [2.45, 2.75) is 32.2 Å². The fraction of sp³-hybridized carbons (Fsp3) is 0.476. The first-order chi connectivity index (χ1) is 15.2. The van der Waals surface area contributed by atoms with Crippen LogP contribution in [0.2, 0.25) is 0 Å². The van der Waals surface area contributed by atoms with Crippen LogP contribution in [0.25, 0.3) is 16.9 Å². The molecule has 1 saturated carbocycles. The third kappa shape index (κ3) is 4.91. The van der Waals surface area contributed by atoms with E-state index < -0.39 is 0 Å². The molecule has 1 fully saturated rings. The molecule has 4 rings (SSSR count). The Bertz CT molecular complexity index is 1020. The van der Waals surface area contributed by atoms with Crippen molar-refractivity contribution in [3.63, 3.8) is 0 Å². The summed E-state index contributed by atoms with van der Waals surface area (Å²) < 4.78 is 12.2. The standard InChI is InChI=1S/C21H27N7O3/c1-3-31-17-8-6-16(7-9-17)28-19-18(26-27-28)13-23-21(25-19)24-15-5-4-14(12-15)20(29)22-10-11-30-2/h6-9,13-15H,3-5,10-12H2,1-2H3,(H,22,29)(H,23,24,25)/t14?,15-/m1/s1. The van der Waals surface area contributed by atoms with Crippen molar-refractivity contribution in [1.82, 2.24) is 30.3 Å². The van der Waals surface area contributed by atoms with Crippen LogP contribution in [0.15, 0.2) is 30.5 Å². The van der Waals surface area contributed by atoms with Crippen molar-refractivity contribution in [3.8, 4) is 11.4 Å². The predicted molar refractivity (Wildman–Crippen MR) is 115 cm³/mol. The van der Waals surface area contributed by atoms with Gasteiger partial charge >= 0.3 is 0 Å². The van der Waals surface area contributed by atoms with Crippen LogP contribution in [0, 0.1) is 5.92 Å². The molecular weight excluding hydrogens is 398 g/mol. The number of nitrogens with zero attached hydrogens (tertiary/aromatic N) is 5. The number of hydrogen-bond acceptors (Lipinski definition) is 8. The number of ether oxygens (including phenoxy) is 2. The van der Waals surface area contributed by atoms with Crippen LogP contribution in [-0.4, -0.2) is 63.8 Å². The molecule has 31 heavy (non-hydrogen) atoms. The van der Waals surface area contributed by atoms with Gasteiger partial charge in [0, 0.05) is 25.6 Å². The summed E-state index contributed by atoms with van der Waals surface area (Å²) in [6.07, 6.45) is 4.13. The molecule has 3 aromatic rings. The van der Waals surface area contributed by atoms with Crippen LogP contribution in [0.1, 0.15) is 26.2 Å². The zero-order valence-electron chi connectivity index (χ0n) is 17.7. The van der Waals surface area contributed by atoms with Gasteiger partial charge in [-0.2, -0.15) is 9.67 Å². The van der Waals surface area contributed by atoms with Gasteiger partial charge in [0.25, 0.3) is 0 Å². The van der Waals surface area contributed by atoms with Gasteiger partial charge in [0.05, 0.1) is 25.1 Å². The second kappa shape index (κ2) is 9.69. The van der Waals surface area contributed by atoms with Gasteiger partial charge in [0.15, 0.2) is 11.2 Å². The smallest absolute Gasteiger partial charge is 0.225 e. The third-order valence-corrected chi connectivity index (χ3v) is 5.33. The maximum Gasteiger partial charge on any atom is 0.225 e. The lowest BCUT2D eigenvalue weighted by atomic mass is 10.1. The number of carbonyl (C=O) groups is 1. The summed E-state index contributed by atoms with van der Waals surface area (Å²) in [6, 6.07) is 7.76. The van der Waals surface area contributed by atoms with Crippen molar-refractivity contribution in [1.29, 1.82) is 0 Å². The molecule has 0 bridgehead atoms. The fourth-order valence-corrected chi connectivity index (χ4v) is 3.78. The summed E-state index contributed by atoms with van der Waals surface area (Å²) in [6.45, 7) is 3.62. The normalized spacial score (nSPS) is 18.3. The van der Waals surface area contributed by atoms with Crippen LogP contribution >= 0.6 is 0 Å². The highest BCUT2D eigenvalue weighted by atomic mass is 16.5. The highest BCUT2D eigenvalue weighted by Crippen LogP contribution is 2.28. The number of methoxy groups -OCH3 is 1. The highest BCUT2D eigenvalue weighted by molar-refractivity contribution is 5.79. The number of aromatic nitrogens is 5. The molecule has 0 saturated heterocycles. The molecule has 2 heterocycles. The molecular formula is C21H27N7O3. The van der Waals surface area contributed by atoms with Gasteiger partial charge < -0.3 is 20.1 Å². The molecule has 1 unspecified atom stereocenters. The average molecular weight is 425 g/mol. The molecule has 164 valence electrons. The average Bonchev–Trinajstić information content (AvgIpc) is 3.42. The number of nitrogens with one attached hydrogen (secondary N) is 2. The van der Waals surface area contributed by atoms with E-state index >= 15 is 0 Å². The summed E-state index contributed by atoms with van der Waals surface area (Å²) in [4.78, 5) is 21.3. The van der Waals surface area contributed by atoms with Crippen LogP contribution in [0.4, 0.5) is 5.95 Å². The number of anilines is 1. The Morgan fingerprint density at radius 3 is 2.87 bits per heavy atom. The van der Waals surface area contributed by atoms with Gasteiger partial charge in [-0.3, -0.25) is 4.79 Å². The maximum absolute atomic E-state index is 12.3. The lowest BCUT2D eigenvalue weighted by Gasteiger charge is -2.13. The largest absolute Gasteiger partial charge is 0.494 e. The Labute approximate surface area is 180 Å². The molecule has 10 heteroatoms. The lowest BCUT2D eigenvalue weighted by Crippen LogP contribution is -2.32. The summed E-state index contributed by atoms with van der Waals surface area (Å²) in [5.41, 5.74) is 2.07. The second-order valence-electron chi connectivity index (χ2n) is 7.47. The summed E-state index contributed by atoms with van der Waals surface area (Å²) >= 11 is 0. The minimum absolute atomic E-state index is 0.00543. The number of rotatable bonds is 9. The molecule has 0 aliphatic heterocycles. The van der Waals surface area contributed by atoms with Crippen molar-refractivity contribution in [2.75, 3.05) is 32.2 Å². The second-order valence-corrected chi connectivity index (χ2v) is 7.47. The first-order valence-corrected chi connectivity index (χ1v) is 10.5. The summed E-state index contributed by atoms with van der Waals surface area (Å²) in [5.74, 6) is 1.38. The molecule has 1 aromatic carbocycles. The van der Waals surface area contributed by atoms with Gasteiger partial charge in [-0.25, -0.2) is 4.98 Å². The number of hydrogen-bond donors (Lipinski definition) is 2. The number of carbonyl (C=O) groups excluding carboxylic acids is 1. The Morgan fingerprint density at radius 2 is 2.10 bits per heavy atom. The van der Waals surface area contributed by atoms with E-state index in [1.165, 1.54) is 0 Å². The van der Waals surface area contributed by atoms with Gasteiger partial charge in [0.1, 0.15) is 5.75 Å². The van der Waals surface area contributed by atoms with Crippen LogP contribution in [0.5, 0.6) is 5.75 Å². The SMILES string of the molecule is CCOc1ccc(-n2nnc3cnc(N[C@@H]4CCC(C(=O)NCCOC)C4)nc32)cc1. The predicted octanol–water partition coefficient (Wildman–Crippen LogP) is 1.95. The molecule has 10 nitrogen and oxygen atoms in total. The number of fused-ring (bicyclic) bond motifs is 1. The summed E-state index contributed by atoms with van der Waals surface area (Å²) in [7, 11) is 1.62. The summed E-state index contributed by atoms with van der Waals surface area (Å²) in [5, 5.41) is 14.7. The molecule has 2 aromatic heterocycles. The Hall–Kier alpha value is -3.27. The third-order valence-electron chi connectivity index (χ3n) is 5.33. The van der Waals surface area contributed by atoms with E-state index in [0.29, 0.717) is 36.9 Å². The molecule has 2 atom stereocenters. The van der Waals surface area contributed by atoms with Gasteiger partial charge in [-0.1, -0.05) is 5.21 Å². The van der Waals surface area contributed by atoms with Gasteiger partial charge in [-0.15, -0.1) is 5.10 Å². The van der Waals surface area contributed by atoms with Gasteiger partial charge in [-0.05, 0) is 50.5 Å². The molecule has 1 amide bonds. The minimum Gasteiger partial charge on any atom is -0.494 e. The number of benzene rings is 1. The molecule has 1 aliphatic carbocycles. The molecule has 0 spiro atoms. The van der Waals surface area contributed by atoms with E-state index in [9.17, 15) is 4.79 Å². The van der Waals surface area contributed by atoms with Crippen LogP contribution in [0.3, 0.4) is 0 Å². The van der Waals surface area contributed by atoms with Crippen molar-refractivity contribution in [3.05, 3.63) is 30.5 Å². The van der Waals surface area contributed by atoms with E-state index in [2.05, 4.69) is 30.9 Å². The van der Waals surface area contributed by atoms with Crippen LogP contribution < -0.4 is 15.4 Å². The monoisotopic (exact) mass is 425 g/mol. The van der Waals surface area contributed by atoms with E-state index in [-0.39, 0.29) is 17.9 Å². The molecule has 1 aliphatic rings. The zero-order valence-corrected chi connectivity index (χ0v) is 17.7. The molecule has 0 radical (unpaired) electrons. The van der Waals surface area contributed by atoms with E-state index in [0.717, 1.165) is 30.7 Å². The Balaban J connectivity index is 1.44. The van der Waals surface area contributed by atoms with Gasteiger partial charge in [0.2, 0.25) is 11.9 Å². The zero-order chi connectivity index (χ0) is 21.6. The Morgan fingerprint density at radius 1 is 1.26 bits per heavy atom. The van der Waals surface area contributed by atoms with E-state index in [1.54, 1.807) is 18.0 Å². The number of amides is 1. The topological polar surface area (TPSA) is 116 Å². The first-order valence-electron chi connectivity index (χ1n) is 10.5. The molecule has 2 N–H and O–H groups in total. The van der Waals surface area contributed by atoms with E-state index in [4.69, 9.17) is 9.47 Å². The van der Waals surface area contributed by atoms with Crippen molar-refractivity contribution in [2.24, 2.45) is 5.92 Å². The minimum atomic E-state index is -0.00543. The quantitative estimate of drug-likeness (QED) is 0.500. The van der Waals surface area contributed by atoms with E-state index in [1.807, 2.05) is 31.2 Å². The highest BCUT2D eigenvalue weighted by Gasteiger charge is 2.30. The maximum atomic E-state index is 12.3.